The molecule has 10 heteroatoms. The summed E-state index contributed by atoms with van der Waals surface area (Å²) < 4.78 is 31.5. The number of ether oxygens (including phenoxy) is 1. The van der Waals surface area contributed by atoms with E-state index >= 15 is 0 Å². The number of nitrogens with two attached hydrogens (primary N) is 1. The van der Waals surface area contributed by atoms with Crippen molar-refractivity contribution in [1.82, 2.24) is 9.21 Å². The van der Waals surface area contributed by atoms with Crippen LogP contribution >= 0.6 is 0 Å². The van der Waals surface area contributed by atoms with E-state index in [1.165, 1.54) is 23.5 Å². The summed E-state index contributed by atoms with van der Waals surface area (Å²) in [6, 6.07) is 3.67. The lowest BCUT2D eigenvalue weighted by Gasteiger charge is -2.33. The van der Waals surface area contributed by atoms with Gasteiger partial charge in [0.1, 0.15) is 0 Å². The first-order valence-electron chi connectivity index (χ1n) is 7.15. The molecule has 0 spiro atoms. The molecule has 23 heavy (non-hydrogen) atoms. The lowest BCUT2D eigenvalue weighted by molar-refractivity contribution is -0.386. The summed E-state index contributed by atoms with van der Waals surface area (Å²) >= 11 is 0. The van der Waals surface area contributed by atoms with E-state index in [0.29, 0.717) is 32.7 Å². The fraction of sp³-hybridized carbons (Fsp3) is 0.538. The number of piperazine rings is 1. The number of hydrogen-bond acceptors (Lipinski definition) is 7. The van der Waals surface area contributed by atoms with Gasteiger partial charge in [-0.05, 0) is 12.1 Å². The van der Waals surface area contributed by atoms with Gasteiger partial charge in [0.15, 0.2) is 5.75 Å². The fourth-order valence-electron chi connectivity index (χ4n) is 2.50. The van der Waals surface area contributed by atoms with Gasteiger partial charge < -0.3 is 10.5 Å². The van der Waals surface area contributed by atoms with Crippen LogP contribution in [0.3, 0.4) is 0 Å². The normalized spacial score (nSPS) is 17.1. The third-order valence-electron chi connectivity index (χ3n) is 3.76. The van der Waals surface area contributed by atoms with Crippen molar-refractivity contribution >= 4 is 15.7 Å². The van der Waals surface area contributed by atoms with Crippen molar-refractivity contribution in [1.29, 1.82) is 0 Å². The van der Waals surface area contributed by atoms with Crippen LogP contribution in [-0.2, 0) is 10.0 Å². The quantitative estimate of drug-likeness (QED) is 0.564. The Morgan fingerprint density at radius 2 is 1.96 bits per heavy atom. The highest BCUT2D eigenvalue weighted by Crippen LogP contribution is 2.30. The molecular formula is C13H20N4O5S. The zero-order valence-corrected chi connectivity index (χ0v) is 13.7. The molecule has 2 rings (SSSR count). The minimum atomic E-state index is -3.77. The van der Waals surface area contributed by atoms with Gasteiger partial charge in [0, 0.05) is 45.3 Å². The Kier molecular flexibility index (Phi) is 5.52. The number of nitrogens with zero attached hydrogens (tertiary/aromatic N) is 3. The number of sulfonamides is 1. The Bertz CT molecular complexity index is 671. The zero-order valence-electron chi connectivity index (χ0n) is 12.8. The van der Waals surface area contributed by atoms with Gasteiger partial charge in [0.25, 0.3) is 0 Å². The summed E-state index contributed by atoms with van der Waals surface area (Å²) in [5.41, 5.74) is 5.13. The second kappa shape index (κ2) is 7.21. The van der Waals surface area contributed by atoms with Gasteiger partial charge in [-0.1, -0.05) is 0 Å². The SMILES string of the molecule is COc1ccc(S(=O)(=O)N2CCN(CCN)CC2)cc1[N+](=O)[O-]. The number of rotatable bonds is 6. The molecule has 1 aromatic rings. The molecule has 0 unspecified atom stereocenters. The van der Waals surface area contributed by atoms with E-state index in [9.17, 15) is 18.5 Å². The van der Waals surface area contributed by atoms with Gasteiger partial charge >= 0.3 is 5.69 Å². The van der Waals surface area contributed by atoms with E-state index in [1.54, 1.807) is 0 Å². The number of hydrogen-bond donors (Lipinski definition) is 1. The van der Waals surface area contributed by atoms with Crippen molar-refractivity contribution in [2.24, 2.45) is 5.73 Å². The van der Waals surface area contributed by atoms with Crippen LogP contribution < -0.4 is 10.5 Å². The minimum Gasteiger partial charge on any atom is -0.490 e. The van der Waals surface area contributed by atoms with Crippen molar-refractivity contribution < 1.29 is 18.1 Å². The van der Waals surface area contributed by atoms with Crippen LogP contribution in [0.4, 0.5) is 5.69 Å². The summed E-state index contributed by atoms with van der Waals surface area (Å²) in [5.74, 6) is 0.0294. The third kappa shape index (κ3) is 3.78. The molecule has 0 atom stereocenters. The molecule has 1 saturated heterocycles. The zero-order chi connectivity index (χ0) is 17.0. The van der Waals surface area contributed by atoms with Crippen LogP contribution in [-0.4, -0.2) is 68.9 Å². The van der Waals surface area contributed by atoms with Crippen LogP contribution in [0.1, 0.15) is 0 Å². The third-order valence-corrected chi connectivity index (χ3v) is 5.66. The molecule has 2 N–H and O–H groups in total. The number of methoxy groups -OCH3 is 1. The molecule has 9 nitrogen and oxygen atoms in total. The molecule has 0 amide bonds. The molecule has 1 aliphatic heterocycles. The van der Waals surface area contributed by atoms with Crippen LogP contribution in [0.5, 0.6) is 5.75 Å². The van der Waals surface area contributed by atoms with E-state index in [4.69, 9.17) is 10.5 Å². The van der Waals surface area contributed by atoms with Crippen LogP contribution in [0.25, 0.3) is 0 Å². The molecule has 0 aromatic heterocycles. The Labute approximate surface area is 134 Å². The molecule has 1 fully saturated rings. The fourth-order valence-corrected chi connectivity index (χ4v) is 3.94. The van der Waals surface area contributed by atoms with Crippen molar-refractivity contribution in [3.63, 3.8) is 0 Å². The van der Waals surface area contributed by atoms with Gasteiger partial charge in [-0.2, -0.15) is 4.31 Å². The Hall–Kier alpha value is -1.75. The summed E-state index contributed by atoms with van der Waals surface area (Å²) in [5, 5.41) is 11.0. The first-order valence-corrected chi connectivity index (χ1v) is 8.59. The molecule has 0 radical (unpaired) electrons. The van der Waals surface area contributed by atoms with E-state index in [1.807, 2.05) is 0 Å². The van der Waals surface area contributed by atoms with Crippen LogP contribution in [0.2, 0.25) is 0 Å². The average Bonchev–Trinajstić information content (AvgIpc) is 2.55. The second-order valence-electron chi connectivity index (χ2n) is 5.13. The summed E-state index contributed by atoms with van der Waals surface area (Å²) in [7, 11) is -2.47. The summed E-state index contributed by atoms with van der Waals surface area (Å²) in [4.78, 5) is 12.4. The summed E-state index contributed by atoms with van der Waals surface area (Å²) in [6.07, 6.45) is 0. The second-order valence-corrected chi connectivity index (χ2v) is 7.06. The maximum atomic E-state index is 12.6. The van der Waals surface area contributed by atoms with Gasteiger partial charge in [-0.25, -0.2) is 8.42 Å². The van der Waals surface area contributed by atoms with Crippen molar-refractivity contribution in [3.8, 4) is 5.75 Å². The Balaban J connectivity index is 2.23. The maximum absolute atomic E-state index is 12.6. The van der Waals surface area contributed by atoms with E-state index in [2.05, 4.69) is 4.90 Å². The topological polar surface area (TPSA) is 119 Å². The van der Waals surface area contributed by atoms with E-state index < -0.39 is 14.9 Å². The molecule has 1 aromatic carbocycles. The predicted molar refractivity (Wildman–Crippen MR) is 83.9 cm³/mol. The lowest BCUT2D eigenvalue weighted by Crippen LogP contribution is -2.49. The standard InChI is InChI=1S/C13H20N4O5S/c1-22-13-3-2-11(10-12(13)17(18)19)23(20,21)16-8-6-15(5-4-14)7-9-16/h2-3,10H,4-9,14H2,1H3. The minimum absolute atomic E-state index is 0.0294. The molecule has 1 heterocycles. The Morgan fingerprint density at radius 1 is 1.30 bits per heavy atom. The largest absolute Gasteiger partial charge is 0.490 e. The molecule has 0 saturated carbocycles. The summed E-state index contributed by atoms with van der Waals surface area (Å²) in [6.45, 7) is 3.10. The molecule has 128 valence electrons. The number of nitro groups is 1. The molecule has 0 aliphatic carbocycles. The van der Waals surface area contributed by atoms with Gasteiger partial charge in [0.05, 0.1) is 16.9 Å². The number of benzene rings is 1. The number of nitro benzene ring substituents is 1. The van der Waals surface area contributed by atoms with Crippen LogP contribution in [0, 0.1) is 10.1 Å². The first kappa shape index (κ1) is 17.6. The maximum Gasteiger partial charge on any atom is 0.312 e. The monoisotopic (exact) mass is 344 g/mol. The highest BCUT2D eigenvalue weighted by molar-refractivity contribution is 7.89. The predicted octanol–water partition coefficient (Wildman–Crippen LogP) is -0.132. The molecule has 1 aliphatic rings. The highest BCUT2D eigenvalue weighted by Gasteiger charge is 2.30. The van der Waals surface area contributed by atoms with Gasteiger partial charge in [-0.15, -0.1) is 0 Å². The smallest absolute Gasteiger partial charge is 0.312 e. The van der Waals surface area contributed by atoms with Crippen LogP contribution in [0.15, 0.2) is 23.1 Å². The first-order chi connectivity index (χ1) is 10.9. The van der Waals surface area contributed by atoms with E-state index in [0.717, 1.165) is 12.6 Å². The molecular weight excluding hydrogens is 324 g/mol. The van der Waals surface area contributed by atoms with Gasteiger partial charge in [0.2, 0.25) is 10.0 Å². The Morgan fingerprint density at radius 3 is 2.48 bits per heavy atom. The van der Waals surface area contributed by atoms with Crippen molar-refractivity contribution in [3.05, 3.63) is 28.3 Å². The van der Waals surface area contributed by atoms with E-state index in [-0.39, 0.29) is 16.3 Å². The van der Waals surface area contributed by atoms with Gasteiger partial charge in [-0.3, -0.25) is 15.0 Å². The van der Waals surface area contributed by atoms with Crippen molar-refractivity contribution in [2.75, 3.05) is 46.4 Å². The molecule has 0 bridgehead atoms. The highest BCUT2D eigenvalue weighted by atomic mass is 32.2. The average molecular weight is 344 g/mol. The lowest BCUT2D eigenvalue weighted by atomic mass is 10.3. The van der Waals surface area contributed by atoms with Crippen molar-refractivity contribution in [2.45, 2.75) is 4.90 Å².